The zero-order valence-corrected chi connectivity index (χ0v) is 12.6. The van der Waals surface area contributed by atoms with Crippen LogP contribution in [0.25, 0.3) is 0 Å². The van der Waals surface area contributed by atoms with Gasteiger partial charge in [0.1, 0.15) is 11.8 Å². The standard InChI is InChI=1S/C16H22N2O3/c1-12(3-6-16(19)20)7-8-18-11-13-4-5-14(10-17)15(9-13)21-2/h4-5,9,12,18H,3,6-8,11H2,1-2H3,(H,19,20). The van der Waals surface area contributed by atoms with E-state index < -0.39 is 5.97 Å². The highest BCUT2D eigenvalue weighted by Crippen LogP contribution is 2.19. The Hall–Kier alpha value is -2.06. The fourth-order valence-electron chi connectivity index (χ4n) is 2.03. The third kappa shape index (κ3) is 6.28. The van der Waals surface area contributed by atoms with Crippen molar-refractivity contribution in [3.05, 3.63) is 29.3 Å². The van der Waals surface area contributed by atoms with Gasteiger partial charge in [-0.1, -0.05) is 13.0 Å². The Morgan fingerprint density at radius 1 is 1.48 bits per heavy atom. The molecular weight excluding hydrogens is 268 g/mol. The maximum atomic E-state index is 10.5. The van der Waals surface area contributed by atoms with Gasteiger partial charge < -0.3 is 15.2 Å². The van der Waals surface area contributed by atoms with Crippen LogP contribution in [0.5, 0.6) is 5.75 Å². The number of methoxy groups -OCH3 is 1. The summed E-state index contributed by atoms with van der Waals surface area (Å²) in [4.78, 5) is 10.5. The number of hydrogen-bond donors (Lipinski definition) is 2. The summed E-state index contributed by atoms with van der Waals surface area (Å²) in [6, 6.07) is 7.61. The molecule has 0 aliphatic rings. The molecule has 0 amide bonds. The molecule has 0 saturated heterocycles. The first-order chi connectivity index (χ1) is 10.1. The molecule has 0 aliphatic heterocycles. The van der Waals surface area contributed by atoms with E-state index in [0.717, 1.165) is 18.5 Å². The number of rotatable bonds is 9. The number of nitriles is 1. The molecule has 0 aliphatic carbocycles. The van der Waals surface area contributed by atoms with E-state index in [4.69, 9.17) is 15.1 Å². The minimum absolute atomic E-state index is 0.230. The Kier molecular flexibility index (Phi) is 7.27. The van der Waals surface area contributed by atoms with Gasteiger partial charge in [0, 0.05) is 13.0 Å². The third-order valence-corrected chi connectivity index (χ3v) is 3.38. The number of hydrogen-bond acceptors (Lipinski definition) is 4. The summed E-state index contributed by atoms with van der Waals surface area (Å²) in [5.74, 6) is 0.246. The van der Waals surface area contributed by atoms with Crippen LogP contribution in [-0.4, -0.2) is 24.7 Å². The minimum Gasteiger partial charge on any atom is -0.495 e. The summed E-state index contributed by atoms with van der Waals surface area (Å²) in [6.45, 7) is 3.60. The molecule has 5 heteroatoms. The number of carboxylic acids is 1. The number of carbonyl (C=O) groups is 1. The molecule has 0 radical (unpaired) electrons. The lowest BCUT2D eigenvalue weighted by molar-refractivity contribution is -0.137. The molecule has 21 heavy (non-hydrogen) atoms. The largest absolute Gasteiger partial charge is 0.495 e. The lowest BCUT2D eigenvalue weighted by atomic mass is 10.0. The van der Waals surface area contributed by atoms with Crippen molar-refractivity contribution in [3.63, 3.8) is 0 Å². The molecule has 0 heterocycles. The van der Waals surface area contributed by atoms with Crippen molar-refractivity contribution in [1.82, 2.24) is 5.32 Å². The highest BCUT2D eigenvalue weighted by atomic mass is 16.5. The van der Waals surface area contributed by atoms with Gasteiger partial charge in [-0.05, 0) is 43.0 Å². The molecule has 0 saturated carbocycles. The van der Waals surface area contributed by atoms with Gasteiger partial charge in [0.25, 0.3) is 0 Å². The molecule has 0 bridgehead atoms. The highest BCUT2D eigenvalue weighted by molar-refractivity contribution is 5.66. The molecule has 0 fully saturated rings. The van der Waals surface area contributed by atoms with E-state index >= 15 is 0 Å². The van der Waals surface area contributed by atoms with Gasteiger partial charge in [0.15, 0.2) is 0 Å². The average molecular weight is 290 g/mol. The van der Waals surface area contributed by atoms with Gasteiger partial charge >= 0.3 is 5.97 Å². The molecule has 1 aromatic carbocycles. The van der Waals surface area contributed by atoms with Crippen molar-refractivity contribution in [2.75, 3.05) is 13.7 Å². The maximum Gasteiger partial charge on any atom is 0.303 e. The summed E-state index contributed by atoms with van der Waals surface area (Å²) in [5.41, 5.74) is 1.59. The number of nitrogens with zero attached hydrogens (tertiary/aromatic N) is 1. The Balaban J connectivity index is 2.33. The van der Waals surface area contributed by atoms with Crippen LogP contribution in [0.3, 0.4) is 0 Å². The van der Waals surface area contributed by atoms with Crippen molar-refractivity contribution in [2.45, 2.75) is 32.7 Å². The van der Waals surface area contributed by atoms with Gasteiger partial charge in [-0.2, -0.15) is 5.26 Å². The SMILES string of the molecule is COc1cc(CNCCC(C)CCC(=O)O)ccc1C#N. The van der Waals surface area contributed by atoms with Crippen molar-refractivity contribution in [1.29, 1.82) is 5.26 Å². The van der Waals surface area contributed by atoms with E-state index in [-0.39, 0.29) is 6.42 Å². The van der Waals surface area contributed by atoms with Gasteiger partial charge in [0.05, 0.1) is 12.7 Å². The first-order valence-corrected chi connectivity index (χ1v) is 7.06. The molecule has 0 spiro atoms. The first kappa shape index (κ1) is 17.0. The zero-order chi connectivity index (χ0) is 15.7. The predicted molar refractivity (Wildman–Crippen MR) is 80.1 cm³/mol. The number of benzene rings is 1. The Bertz CT molecular complexity index is 509. The van der Waals surface area contributed by atoms with Gasteiger partial charge in [-0.15, -0.1) is 0 Å². The molecule has 114 valence electrons. The van der Waals surface area contributed by atoms with Crippen LogP contribution in [0, 0.1) is 17.2 Å². The van der Waals surface area contributed by atoms with Crippen molar-refractivity contribution < 1.29 is 14.6 Å². The fraction of sp³-hybridized carbons (Fsp3) is 0.500. The van der Waals surface area contributed by atoms with Crippen LogP contribution in [0.1, 0.15) is 37.3 Å². The second-order valence-electron chi connectivity index (χ2n) is 5.15. The lowest BCUT2D eigenvalue weighted by Crippen LogP contribution is -2.17. The Labute approximate surface area is 125 Å². The fourth-order valence-corrected chi connectivity index (χ4v) is 2.03. The van der Waals surface area contributed by atoms with Gasteiger partial charge in [-0.3, -0.25) is 4.79 Å². The van der Waals surface area contributed by atoms with Crippen molar-refractivity contribution >= 4 is 5.97 Å². The Morgan fingerprint density at radius 2 is 2.24 bits per heavy atom. The van der Waals surface area contributed by atoms with E-state index in [2.05, 4.69) is 18.3 Å². The molecule has 2 N–H and O–H groups in total. The van der Waals surface area contributed by atoms with Crippen LogP contribution in [0.2, 0.25) is 0 Å². The average Bonchev–Trinajstić information content (AvgIpc) is 2.49. The van der Waals surface area contributed by atoms with Crippen molar-refractivity contribution in [2.24, 2.45) is 5.92 Å². The van der Waals surface area contributed by atoms with Crippen molar-refractivity contribution in [3.8, 4) is 11.8 Å². The van der Waals surface area contributed by atoms with E-state index in [9.17, 15) is 4.79 Å². The predicted octanol–water partition coefficient (Wildman–Crippen LogP) is 2.55. The number of carboxylic acid groups (broad SMARTS) is 1. The number of aliphatic carboxylic acids is 1. The van der Waals surface area contributed by atoms with Crippen LogP contribution in [0.15, 0.2) is 18.2 Å². The summed E-state index contributed by atoms with van der Waals surface area (Å²) >= 11 is 0. The topological polar surface area (TPSA) is 82.3 Å². The highest BCUT2D eigenvalue weighted by Gasteiger charge is 2.06. The van der Waals surface area contributed by atoms with E-state index in [0.29, 0.717) is 30.2 Å². The summed E-state index contributed by atoms with van der Waals surface area (Å²) < 4.78 is 5.17. The van der Waals surface area contributed by atoms with Crippen LogP contribution < -0.4 is 10.1 Å². The quantitative estimate of drug-likeness (QED) is 0.683. The van der Waals surface area contributed by atoms with E-state index in [1.807, 2.05) is 12.1 Å². The summed E-state index contributed by atoms with van der Waals surface area (Å²) in [7, 11) is 1.55. The molecule has 0 aromatic heterocycles. The Morgan fingerprint density at radius 3 is 2.86 bits per heavy atom. The van der Waals surface area contributed by atoms with Gasteiger partial charge in [-0.25, -0.2) is 0 Å². The lowest BCUT2D eigenvalue weighted by Gasteiger charge is -2.11. The molecule has 1 rings (SSSR count). The molecule has 5 nitrogen and oxygen atoms in total. The number of nitrogens with one attached hydrogen (secondary N) is 1. The second kappa shape index (κ2) is 8.98. The second-order valence-corrected chi connectivity index (χ2v) is 5.15. The minimum atomic E-state index is -0.737. The first-order valence-electron chi connectivity index (χ1n) is 7.06. The molecule has 1 atom stereocenters. The smallest absolute Gasteiger partial charge is 0.303 e. The maximum absolute atomic E-state index is 10.5. The van der Waals surface area contributed by atoms with Crippen LogP contribution in [-0.2, 0) is 11.3 Å². The zero-order valence-electron chi connectivity index (χ0n) is 12.6. The monoisotopic (exact) mass is 290 g/mol. The van der Waals surface area contributed by atoms with Crippen LogP contribution >= 0.6 is 0 Å². The van der Waals surface area contributed by atoms with Crippen LogP contribution in [0.4, 0.5) is 0 Å². The normalized spacial score (nSPS) is 11.7. The number of ether oxygens (including phenoxy) is 1. The van der Waals surface area contributed by atoms with E-state index in [1.54, 1.807) is 13.2 Å². The summed E-state index contributed by atoms with van der Waals surface area (Å²) in [6.07, 6.45) is 1.89. The molecule has 1 unspecified atom stereocenters. The summed E-state index contributed by atoms with van der Waals surface area (Å²) in [5, 5.41) is 20.9. The third-order valence-electron chi connectivity index (χ3n) is 3.38. The van der Waals surface area contributed by atoms with E-state index in [1.165, 1.54) is 0 Å². The molecular formula is C16H22N2O3. The molecule has 1 aromatic rings. The van der Waals surface area contributed by atoms with Gasteiger partial charge in [0.2, 0.25) is 0 Å².